The Morgan fingerprint density at radius 1 is 1.30 bits per heavy atom. The summed E-state index contributed by atoms with van der Waals surface area (Å²) >= 11 is 0. The first-order chi connectivity index (χ1) is 4.70. The Balaban J connectivity index is 2.38. The Kier molecular flexibility index (Phi) is 2.66. The molecule has 2 unspecified atom stereocenters. The highest BCUT2D eigenvalue weighted by atomic mass is 19.1. The van der Waals surface area contributed by atoms with Gasteiger partial charge in [-0.05, 0) is 33.2 Å². The molecule has 0 spiro atoms. The first-order valence-corrected chi connectivity index (χ1v) is 4.04. The lowest BCUT2D eigenvalue weighted by Gasteiger charge is -2.20. The molecule has 0 aromatic heterocycles. The summed E-state index contributed by atoms with van der Waals surface area (Å²) in [5.74, 6) is 0. The van der Waals surface area contributed by atoms with E-state index < -0.39 is 6.17 Å². The molecule has 2 heteroatoms. The molecule has 0 aromatic carbocycles. The van der Waals surface area contributed by atoms with Gasteiger partial charge in [-0.15, -0.1) is 0 Å². The minimum absolute atomic E-state index is 0.549. The van der Waals surface area contributed by atoms with Gasteiger partial charge in [-0.25, -0.2) is 4.39 Å². The van der Waals surface area contributed by atoms with Crippen molar-refractivity contribution in [3.05, 3.63) is 0 Å². The summed E-state index contributed by atoms with van der Waals surface area (Å²) in [6.45, 7) is 3.08. The summed E-state index contributed by atoms with van der Waals surface area (Å²) < 4.78 is 12.8. The van der Waals surface area contributed by atoms with E-state index in [0.717, 1.165) is 25.8 Å². The maximum atomic E-state index is 12.8. The molecule has 1 aliphatic rings. The second-order valence-electron chi connectivity index (χ2n) is 3.29. The van der Waals surface area contributed by atoms with Crippen molar-refractivity contribution in [1.82, 2.24) is 4.90 Å². The number of likely N-dealkylation sites (tertiary alicyclic amines) is 1. The van der Waals surface area contributed by atoms with Crippen molar-refractivity contribution in [3.63, 3.8) is 0 Å². The number of alkyl halides is 1. The van der Waals surface area contributed by atoms with Gasteiger partial charge in [-0.3, -0.25) is 0 Å². The van der Waals surface area contributed by atoms with E-state index in [4.69, 9.17) is 0 Å². The highest BCUT2D eigenvalue weighted by molar-refractivity contribution is 4.72. The number of hydrogen-bond donors (Lipinski definition) is 0. The quantitative estimate of drug-likeness (QED) is 0.502. The monoisotopic (exact) mass is 145 g/mol. The minimum atomic E-state index is -0.549. The van der Waals surface area contributed by atoms with Crippen LogP contribution >= 0.6 is 0 Å². The van der Waals surface area contributed by atoms with Crippen molar-refractivity contribution in [2.45, 2.75) is 38.4 Å². The summed E-state index contributed by atoms with van der Waals surface area (Å²) in [7, 11) is 2.07. The molecule has 1 fully saturated rings. The second kappa shape index (κ2) is 3.33. The van der Waals surface area contributed by atoms with E-state index in [1.165, 1.54) is 0 Å². The predicted octanol–water partition coefficient (Wildman–Crippen LogP) is 1.83. The van der Waals surface area contributed by atoms with Crippen LogP contribution in [0.15, 0.2) is 0 Å². The smallest absolute Gasteiger partial charge is 0.101 e. The van der Waals surface area contributed by atoms with Crippen LogP contribution in [0.25, 0.3) is 0 Å². The molecule has 1 nitrogen and oxygen atoms in total. The van der Waals surface area contributed by atoms with Gasteiger partial charge in [0.2, 0.25) is 0 Å². The van der Waals surface area contributed by atoms with E-state index in [0.29, 0.717) is 6.04 Å². The zero-order valence-electron chi connectivity index (χ0n) is 6.81. The number of hydrogen-bond acceptors (Lipinski definition) is 1. The molecule has 10 heavy (non-hydrogen) atoms. The van der Waals surface area contributed by atoms with Crippen LogP contribution in [-0.4, -0.2) is 30.7 Å². The van der Waals surface area contributed by atoms with Gasteiger partial charge in [-0.1, -0.05) is 0 Å². The molecule has 0 saturated carbocycles. The average Bonchev–Trinajstić information content (AvgIpc) is 2.04. The predicted molar refractivity (Wildman–Crippen MR) is 40.8 cm³/mol. The fourth-order valence-corrected chi connectivity index (χ4v) is 1.35. The van der Waals surface area contributed by atoms with Crippen molar-refractivity contribution in [2.24, 2.45) is 0 Å². The third-order valence-corrected chi connectivity index (χ3v) is 2.45. The molecule has 2 atom stereocenters. The third kappa shape index (κ3) is 1.94. The van der Waals surface area contributed by atoms with Gasteiger partial charge >= 0.3 is 0 Å². The van der Waals surface area contributed by atoms with E-state index in [1.807, 2.05) is 0 Å². The Morgan fingerprint density at radius 2 is 2.00 bits per heavy atom. The molecular weight excluding hydrogens is 129 g/mol. The third-order valence-electron chi connectivity index (χ3n) is 2.45. The Hall–Kier alpha value is -0.110. The normalized spacial score (nSPS) is 37.5. The van der Waals surface area contributed by atoms with E-state index in [9.17, 15) is 4.39 Å². The van der Waals surface area contributed by atoms with Crippen LogP contribution in [-0.2, 0) is 0 Å². The van der Waals surface area contributed by atoms with E-state index >= 15 is 0 Å². The Bertz CT molecular complexity index is 93.4. The molecule has 0 aliphatic carbocycles. The number of halogens is 1. The highest BCUT2D eigenvalue weighted by Gasteiger charge is 2.18. The molecule has 1 rings (SSSR count). The fourth-order valence-electron chi connectivity index (χ4n) is 1.35. The van der Waals surface area contributed by atoms with Crippen molar-refractivity contribution >= 4 is 0 Å². The molecule has 0 N–H and O–H groups in total. The van der Waals surface area contributed by atoms with Crippen LogP contribution in [0, 0.1) is 0 Å². The lowest BCUT2D eigenvalue weighted by Crippen LogP contribution is -2.27. The molecular formula is C8H16FN. The van der Waals surface area contributed by atoms with Gasteiger partial charge in [-0.2, -0.15) is 0 Å². The van der Waals surface area contributed by atoms with Crippen LogP contribution in [0.5, 0.6) is 0 Å². The second-order valence-corrected chi connectivity index (χ2v) is 3.29. The molecule has 1 aliphatic heterocycles. The number of rotatable bonds is 0. The largest absolute Gasteiger partial charge is 0.304 e. The standard InChI is InChI=1S/C8H16FN/c1-7-3-4-8(9)5-6-10(7)2/h7-8H,3-6H2,1-2H3. The topological polar surface area (TPSA) is 3.24 Å². The lowest BCUT2D eigenvalue weighted by molar-refractivity contribution is 0.258. The van der Waals surface area contributed by atoms with E-state index in [-0.39, 0.29) is 0 Å². The first-order valence-electron chi connectivity index (χ1n) is 4.04. The number of nitrogens with zero attached hydrogens (tertiary/aromatic N) is 1. The summed E-state index contributed by atoms with van der Waals surface area (Å²) in [5.41, 5.74) is 0. The van der Waals surface area contributed by atoms with Gasteiger partial charge in [0, 0.05) is 12.6 Å². The van der Waals surface area contributed by atoms with E-state index in [2.05, 4.69) is 18.9 Å². The van der Waals surface area contributed by atoms with Crippen LogP contribution < -0.4 is 0 Å². The Morgan fingerprint density at radius 3 is 2.70 bits per heavy atom. The molecule has 0 aromatic rings. The van der Waals surface area contributed by atoms with Gasteiger partial charge in [0.25, 0.3) is 0 Å². The first kappa shape index (κ1) is 7.99. The van der Waals surface area contributed by atoms with Crippen LogP contribution in [0.1, 0.15) is 26.2 Å². The van der Waals surface area contributed by atoms with Crippen molar-refractivity contribution in [3.8, 4) is 0 Å². The maximum absolute atomic E-state index is 12.8. The summed E-state index contributed by atoms with van der Waals surface area (Å²) in [5, 5.41) is 0. The van der Waals surface area contributed by atoms with Gasteiger partial charge < -0.3 is 4.90 Å². The molecule has 0 radical (unpaired) electrons. The maximum Gasteiger partial charge on any atom is 0.101 e. The zero-order chi connectivity index (χ0) is 7.56. The van der Waals surface area contributed by atoms with Gasteiger partial charge in [0.05, 0.1) is 0 Å². The van der Waals surface area contributed by atoms with Crippen LogP contribution in [0.3, 0.4) is 0 Å². The lowest BCUT2D eigenvalue weighted by atomic mass is 10.1. The summed E-state index contributed by atoms with van der Waals surface area (Å²) in [6, 6.07) is 0.570. The fraction of sp³-hybridized carbons (Fsp3) is 1.00. The van der Waals surface area contributed by atoms with Crippen molar-refractivity contribution in [2.75, 3.05) is 13.6 Å². The zero-order valence-corrected chi connectivity index (χ0v) is 6.81. The minimum Gasteiger partial charge on any atom is -0.304 e. The highest BCUT2D eigenvalue weighted by Crippen LogP contribution is 2.17. The van der Waals surface area contributed by atoms with Crippen LogP contribution in [0.2, 0.25) is 0 Å². The van der Waals surface area contributed by atoms with Crippen molar-refractivity contribution in [1.29, 1.82) is 0 Å². The van der Waals surface area contributed by atoms with Crippen molar-refractivity contribution < 1.29 is 4.39 Å². The average molecular weight is 145 g/mol. The summed E-state index contributed by atoms with van der Waals surface area (Å²) in [6.07, 6.45) is 1.94. The molecule has 1 heterocycles. The molecule has 1 saturated heterocycles. The molecule has 0 amide bonds. The van der Waals surface area contributed by atoms with Crippen LogP contribution in [0.4, 0.5) is 4.39 Å². The van der Waals surface area contributed by atoms with Gasteiger partial charge in [0.1, 0.15) is 6.17 Å². The Labute approximate surface area is 62.2 Å². The van der Waals surface area contributed by atoms with Gasteiger partial charge in [0.15, 0.2) is 0 Å². The summed E-state index contributed by atoms with van der Waals surface area (Å²) in [4.78, 5) is 2.24. The molecule has 60 valence electrons. The van der Waals surface area contributed by atoms with E-state index in [1.54, 1.807) is 0 Å². The SMILES string of the molecule is CC1CCC(F)CCN1C. The molecule has 0 bridgehead atoms.